The highest BCUT2D eigenvalue weighted by Gasteiger charge is 2.24. The van der Waals surface area contributed by atoms with Crippen molar-refractivity contribution >= 4 is 32.6 Å². The molecule has 0 aliphatic heterocycles. The first-order valence-electron chi connectivity index (χ1n) is 8.98. The van der Waals surface area contributed by atoms with Gasteiger partial charge in [0.2, 0.25) is 0 Å². The Morgan fingerprint density at radius 1 is 0.731 bits per heavy atom. The fourth-order valence-electron chi connectivity index (χ4n) is 4.49. The van der Waals surface area contributed by atoms with Crippen molar-refractivity contribution in [3.63, 3.8) is 0 Å². The van der Waals surface area contributed by atoms with Crippen molar-refractivity contribution in [1.82, 2.24) is 9.97 Å². The number of benzene rings is 3. The zero-order valence-corrected chi connectivity index (χ0v) is 14.5. The number of fused-ring (bicyclic) bond motifs is 9. The molecule has 1 aliphatic carbocycles. The molecule has 0 atom stereocenters. The number of aromatic nitrogens is 2. The van der Waals surface area contributed by atoms with Crippen LogP contribution in [0.15, 0.2) is 67.0 Å². The number of rotatable bonds is 0. The van der Waals surface area contributed by atoms with E-state index in [9.17, 15) is 0 Å². The monoisotopic (exact) mass is 332 g/mol. The summed E-state index contributed by atoms with van der Waals surface area (Å²) in [5.74, 6) is 0. The molecule has 0 amide bonds. The quantitative estimate of drug-likeness (QED) is 0.328. The topological polar surface area (TPSA) is 25.8 Å². The fraction of sp³-hybridized carbons (Fsp3) is 0.0833. The van der Waals surface area contributed by atoms with E-state index in [1.807, 2.05) is 18.5 Å². The molecule has 2 aromatic heterocycles. The highest BCUT2D eigenvalue weighted by molar-refractivity contribution is 6.08. The van der Waals surface area contributed by atoms with Crippen LogP contribution in [0.3, 0.4) is 0 Å². The first-order valence-corrected chi connectivity index (χ1v) is 8.98. The SMILES string of the molecule is Cc1cc2c3c(cnc2c2ncccc12)-c1ccc2ccccc2c1C3. The lowest BCUT2D eigenvalue weighted by Gasteiger charge is -2.09. The molecule has 0 fully saturated rings. The number of nitrogens with zero attached hydrogens (tertiary/aromatic N) is 2. The summed E-state index contributed by atoms with van der Waals surface area (Å²) < 4.78 is 0. The molecular formula is C24H16N2. The van der Waals surface area contributed by atoms with Gasteiger partial charge in [-0.15, -0.1) is 0 Å². The van der Waals surface area contributed by atoms with E-state index >= 15 is 0 Å². The van der Waals surface area contributed by atoms with Gasteiger partial charge in [-0.3, -0.25) is 9.97 Å². The van der Waals surface area contributed by atoms with Gasteiger partial charge in [-0.2, -0.15) is 0 Å². The maximum absolute atomic E-state index is 4.84. The number of aryl methyl sites for hydroxylation is 1. The first kappa shape index (κ1) is 14.0. The van der Waals surface area contributed by atoms with Crippen LogP contribution >= 0.6 is 0 Å². The molecule has 0 N–H and O–H groups in total. The molecule has 3 aromatic carbocycles. The van der Waals surface area contributed by atoms with E-state index < -0.39 is 0 Å². The molecule has 0 bridgehead atoms. The summed E-state index contributed by atoms with van der Waals surface area (Å²) in [6, 6.07) is 19.6. The minimum absolute atomic E-state index is 0.961. The Balaban J connectivity index is 1.72. The lowest BCUT2D eigenvalue weighted by Crippen LogP contribution is -1.92. The third-order valence-electron chi connectivity index (χ3n) is 5.73. The van der Waals surface area contributed by atoms with E-state index in [2.05, 4.69) is 60.4 Å². The molecular weight excluding hydrogens is 316 g/mol. The van der Waals surface area contributed by atoms with E-state index in [0.717, 1.165) is 17.5 Å². The van der Waals surface area contributed by atoms with Gasteiger partial charge in [0.25, 0.3) is 0 Å². The molecule has 1 aliphatic rings. The minimum Gasteiger partial charge on any atom is -0.254 e. The van der Waals surface area contributed by atoms with Crippen LogP contribution in [-0.4, -0.2) is 9.97 Å². The van der Waals surface area contributed by atoms with Gasteiger partial charge in [-0.05, 0) is 52.1 Å². The maximum Gasteiger partial charge on any atom is 0.0968 e. The highest BCUT2D eigenvalue weighted by Crippen LogP contribution is 2.43. The lowest BCUT2D eigenvalue weighted by atomic mass is 9.99. The summed E-state index contributed by atoms with van der Waals surface area (Å²) in [7, 11) is 0. The standard InChI is InChI=1S/C24H16N2/c1-14-11-21-20-12-19-17-6-3-2-5-15(17)8-9-18(19)22(20)13-26-24(21)23-16(14)7-4-10-25-23/h2-11,13H,12H2,1H3. The first-order chi connectivity index (χ1) is 12.8. The van der Waals surface area contributed by atoms with Crippen LogP contribution in [0, 0.1) is 6.92 Å². The molecule has 0 saturated carbocycles. The molecule has 6 rings (SSSR count). The van der Waals surface area contributed by atoms with Crippen molar-refractivity contribution in [1.29, 1.82) is 0 Å². The molecule has 5 aromatic rings. The van der Waals surface area contributed by atoms with Crippen molar-refractivity contribution in [2.75, 3.05) is 0 Å². The van der Waals surface area contributed by atoms with Crippen molar-refractivity contribution < 1.29 is 0 Å². The molecule has 0 spiro atoms. The summed E-state index contributed by atoms with van der Waals surface area (Å²) in [4.78, 5) is 9.47. The smallest absolute Gasteiger partial charge is 0.0968 e. The average molecular weight is 332 g/mol. The largest absolute Gasteiger partial charge is 0.254 e. The van der Waals surface area contributed by atoms with E-state index in [1.54, 1.807) is 0 Å². The zero-order valence-electron chi connectivity index (χ0n) is 14.5. The van der Waals surface area contributed by atoms with Gasteiger partial charge in [-0.1, -0.05) is 42.5 Å². The van der Waals surface area contributed by atoms with Gasteiger partial charge in [0.1, 0.15) is 0 Å². The molecule has 2 nitrogen and oxygen atoms in total. The Labute approximate surface area is 151 Å². The Kier molecular flexibility index (Phi) is 2.63. The summed E-state index contributed by atoms with van der Waals surface area (Å²) >= 11 is 0. The van der Waals surface area contributed by atoms with Crippen molar-refractivity contribution in [3.8, 4) is 11.1 Å². The van der Waals surface area contributed by atoms with E-state index in [1.165, 1.54) is 49.4 Å². The molecule has 2 heterocycles. The van der Waals surface area contributed by atoms with Crippen molar-refractivity contribution in [2.45, 2.75) is 13.3 Å². The van der Waals surface area contributed by atoms with Crippen LogP contribution in [0.4, 0.5) is 0 Å². The highest BCUT2D eigenvalue weighted by atomic mass is 14.7. The number of hydrogen-bond acceptors (Lipinski definition) is 2. The summed E-state index contributed by atoms with van der Waals surface area (Å²) in [6.07, 6.45) is 4.86. The number of hydrogen-bond donors (Lipinski definition) is 0. The second-order valence-corrected chi connectivity index (χ2v) is 7.13. The van der Waals surface area contributed by atoms with Crippen LogP contribution in [-0.2, 0) is 6.42 Å². The summed E-state index contributed by atoms with van der Waals surface area (Å²) in [5, 5.41) is 5.09. The van der Waals surface area contributed by atoms with Crippen LogP contribution in [0.1, 0.15) is 16.7 Å². The number of pyridine rings is 2. The third kappa shape index (κ3) is 1.71. The Hall–Kier alpha value is -3.26. The van der Waals surface area contributed by atoms with Crippen LogP contribution < -0.4 is 0 Å². The fourth-order valence-corrected chi connectivity index (χ4v) is 4.49. The molecule has 26 heavy (non-hydrogen) atoms. The third-order valence-corrected chi connectivity index (χ3v) is 5.73. The normalized spacial score (nSPS) is 12.7. The summed E-state index contributed by atoms with van der Waals surface area (Å²) in [5.41, 5.74) is 8.69. The Morgan fingerprint density at radius 3 is 2.50 bits per heavy atom. The van der Waals surface area contributed by atoms with E-state index in [4.69, 9.17) is 4.98 Å². The predicted molar refractivity (Wildman–Crippen MR) is 108 cm³/mol. The second-order valence-electron chi connectivity index (χ2n) is 7.13. The minimum atomic E-state index is 0.961. The van der Waals surface area contributed by atoms with Crippen LogP contribution in [0.25, 0.3) is 43.7 Å². The Bertz CT molecular complexity index is 1370. The van der Waals surface area contributed by atoms with Crippen LogP contribution in [0.5, 0.6) is 0 Å². The molecule has 0 saturated heterocycles. The zero-order chi connectivity index (χ0) is 17.3. The van der Waals surface area contributed by atoms with Gasteiger partial charge >= 0.3 is 0 Å². The van der Waals surface area contributed by atoms with Crippen molar-refractivity contribution in [2.24, 2.45) is 0 Å². The van der Waals surface area contributed by atoms with Gasteiger partial charge in [0.15, 0.2) is 0 Å². The van der Waals surface area contributed by atoms with E-state index in [-0.39, 0.29) is 0 Å². The predicted octanol–water partition coefficient (Wildman–Crippen LogP) is 5.82. The molecule has 0 radical (unpaired) electrons. The average Bonchev–Trinajstić information content (AvgIpc) is 3.08. The van der Waals surface area contributed by atoms with Crippen molar-refractivity contribution in [3.05, 3.63) is 83.7 Å². The van der Waals surface area contributed by atoms with Gasteiger partial charge in [-0.25, -0.2) is 0 Å². The van der Waals surface area contributed by atoms with Gasteiger partial charge < -0.3 is 0 Å². The summed E-state index contributed by atoms with van der Waals surface area (Å²) in [6.45, 7) is 2.17. The molecule has 2 heteroatoms. The second kappa shape index (κ2) is 4.89. The maximum atomic E-state index is 4.84. The van der Waals surface area contributed by atoms with Gasteiger partial charge in [0, 0.05) is 35.2 Å². The lowest BCUT2D eigenvalue weighted by molar-refractivity contribution is 1.28. The van der Waals surface area contributed by atoms with Crippen LogP contribution in [0.2, 0.25) is 0 Å². The van der Waals surface area contributed by atoms with E-state index in [0.29, 0.717) is 0 Å². The molecule has 0 unspecified atom stereocenters. The Morgan fingerprint density at radius 2 is 1.54 bits per heavy atom. The molecule has 122 valence electrons. The van der Waals surface area contributed by atoms with Gasteiger partial charge in [0.05, 0.1) is 11.0 Å².